The summed E-state index contributed by atoms with van der Waals surface area (Å²) in [4.78, 5) is 26.3. The molecule has 2 N–H and O–H groups in total. The van der Waals surface area contributed by atoms with E-state index in [0.29, 0.717) is 18.9 Å². The number of likely N-dealkylation sites (tertiary alicyclic amines) is 1. The fourth-order valence-corrected chi connectivity index (χ4v) is 2.67. The molecule has 0 aromatic heterocycles. The van der Waals surface area contributed by atoms with Crippen molar-refractivity contribution in [2.45, 2.75) is 58.9 Å². The van der Waals surface area contributed by atoms with Gasteiger partial charge in [0.15, 0.2) is 0 Å². The Bertz CT molecular complexity index is 337. The van der Waals surface area contributed by atoms with E-state index in [1.165, 1.54) is 0 Å². The summed E-state index contributed by atoms with van der Waals surface area (Å²) < 4.78 is 0. The molecule has 2 amide bonds. The van der Waals surface area contributed by atoms with E-state index in [0.717, 1.165) is 45.3 Å². The fraction of sp³-hybridized carbons (Fsp3) is 0.875. The lowest BCUT2D eigenvalue weighted by Gasteiger charge is -2.34. The summed E-state index contributed by atoms with van der Waals surface area (Å²) in [6.07, 6.45) is 4.37. The van der Waals surface area contributed by atoms with E-state index in [4.69, 9.17) is 0 Å². The van der Waals surface area contributed by atoms with Crippen LogP contribution in [0.2, 0.25) is 0 Å². The summed E-state index contributed by atoms with van der Waals surface area (Å²) in [5.74, 6) is 0.525. The highest BCUT2D eigenvalue weighted by Crippen LogP contribution is 2.19. The summed E-state index contributed by atoms with van der Waals surface area (Å²) >= 11 is 0. The van der Waals surface area contributed by atoms with E-state index < -0.39 is 0 Å². The quantitative estimate of drug-likeness (QED) is 0.634. The van der Waals surface area contributed by atoms with Gasteiger partial charge in [0.05, 0.1) is 0 Å². The second-order valence-electron chi connectivity index (χ2n) is 6.23. The molecule has 0 bridgehead atoms. The molecular weight excluding hydrogens is 302 g/mol. The molecule has 0 aromatic carbocycles. The maximum atomic E-state index is 12.4. The van der Waals surface area contributed by atoms with Crippen molar-refractivity contribution in [2.24, 2.45) is 5.92 Å². The molecular formula is C16H32ClN3O2. The summed E-state index contributed by atoms with van der Waals surface area (Å²) in [6.45, 7) is 9.40. The highest BCUT2D eigenvalue weighted by atomic mass is 35.5. The Balaban J connectivity index is 0.00000441. The number of hydrogen-bond donors (Lipinski definition) is 2. The Labute approximate surface area is 141 Å². The van der Waals surface area contributed by atoms with Gasteiger partial charge in [0.2, 0.25) is 11.8 Å². The topological polar surface area (TPSA) is 61.4 Å². The minimum atomic E-state index is -0.302. The van der Waals surface area contributed by atoms with Gasteiger partial charge in [-0.3, -0.25) is 9.59 Å². The van der Waals surface area contributed by atoms with Crippen molar-refractivity contribution in [1.29, 1.82) is 0 Å². The number of carbonyl (C=O) groups excluding carboxylic acids is 2. The van der Waals surface area contributed by atoms with E-state index in [9.17, 15) is 9.59 Å². The Kier molecular flexibility index (Phi) is 11.3. The zero-order valence-electron chi connectivity index (χ0n) is 14.2. The normalized spacial score (nSPS) is 16.4. The Morgan fingerprint density at radius 2 is 1.95 bits per heavy atom. The second kappa shape index (κ2) is 11.7. The van der Waals surface area contributed by atoms with E-state index >= 15 is 0 Å². The first-order valence-corrected chi connectivity index (χ1v) is 8.34. The highest BCUT2D eigenvalue weighted by molar-refractivity contribution is 5.88. The smallest absolute Gasteiger partial charge is 0.242 e. The molecule has 5 nitrogen and oxygen atoms in total. The van der Waals surface area contributed by atoms with Crippen LogP contribution in [-0.4, -0.2) is 48.9 Å². The molecule has 0 radical (unpaired) electrons. The highest BCUT2D eigenvalue weighted by Gasteiger charge is 2.31. The van der Waals surface area contributed by atoms with Crippen LogP contribution in [0.1, 0.15) is 52.9 Å². The fourth-order valence-electron chi connectivity index (χ4n) is 2.67. The number of halogens is 1. The number of nitrogens with one attached hydrogen (secondary N) is 2. The Morgan fingerprint density at radius 1 is 1.23 bits per heavy atom. The predicted molar refractivity (Wildman–Crippen MR) is 92.2 cm³/mol. The summed E-state index contributed by atoms with van der Waals surface area (Å²) in [5.41, 5.74) is 0. The molecule has 6 heteroatoms. The molecule has 22 heavy (non-hydrogen) atoms. The molecule has 1 aliphatic rings. The number of amides is 2. The van der Waals surface area contributed by atoms with Gasteiger partial charge in [0.25, 0.3) is 0 Å². The van der Waals surface area contributed by atoms with Crippen molar-refractivity contribution >= 4 is 24.2 Å². The molecule has 1 unspecified atom stereocenters. The van der Waals surface area contributed by atoms with Crippen molar-refractivity contribution in [2.75, 3.05) is 26.2 Å². The van der Waals surface area contributed by atoms with Crippen molar-refractivity contribution in [1.82, 2.24) is 15.5 Å². The van der Waals surface area contributed by atoms with Crippen LogP contribution in [0.5, 0.6) is 0 Å². The zero-order valence-corrected chi connectivity index (χ0v) is 15.0. The number of nitrogens with zero attached hydrogens (tertiary/aromatic N) is 1. The molecule has 1 aliphatic heterocycles. The van der Waals surface area contributed by atoms with Crippen molar-refractivity contribution in [3.8, 4) is 0 Å². The minimum absolute atomic E-state index is 0. The van der Waals surface area contributed by atoms with Gasteiger partial charge in [-0.05, 0) is 38.1 Å². The van der Waals surface area contributed by atoms with E-state index in [1.54, 1.807) is 4.90 Å². The summed E-state index contributed by atoms with van der Waals surface area (Å²) in [6, 6.07) is -0.302. The van der Waals surface area contributed by atoms with Crippen molar-refractivity contribution < 1.29 is 9.59 Å². The van der Waals surface area contributed by atoms with Crippen LogP contribution >= 0.6 is 12.4 Å². The first-order valence-electron chi connectivity index (χ1n) is 8.34. The standard InChI is InChI=1S/C16H31N3O2.ClH/c1-4-8-17-9-10-18-16(21)14(12-13(2)3)19-11-6-5-7-15(19)20;/h13-14,17H,4-12H2,1-3H3,(H,18,21);1H. The summed E-state index contributed by atoms with van der Waals surface area (Å²) in [7, 11) is 0. The predicted octanol–water partition coefficient (Wildman–Crippen LogP) is 1.95. The Morgan fingerprint density at radius 3 is 2.55 bits per heavy atom. The van der Waals surface area contributed by atoms with Crippen LogP contribution < -0.4 is 10.6 Å². The average Bonchev–Trinajstić information content (AvgIpc) is 2.45. The minimum Gasteiger partial charge on any atom is -0.353 e. The molecule has 0 saturated carbocycles. The van der Waals surface area contributed by atoms with Crippen LogP contribution in [0.3, 0.4) is 0 Å². The SMILES string of the molecule is CCCNCCNC(=O)C(CC(C)C)N1CCCCC1=O.Cl. The van der Waals surface area contributed by atoms with Crippen LogP contribution in [0.4, 0.5) is 0 Å². The van der Waals surface area contributed by atoms with Gasteiger partial charge < -0.3 is 15.5 Å². The zero-order chi connectivity index (χ0) is 15.7. The number of rotatable bonds is 9. The van der Waals surface area contributed by atoms with E-state index in [2.05, 4.69) is 31.4 Å². The van der Waals surface area contributed by atoms with Gasteiger partial charge in [0.1, 0.15) is 6.04 Å². The number of piperidine rings is 1. The van der Waals surface area contributed by atoms with Gasteiger partial charge >= 0.3 is 0 Å². The Hall–Kier alpha value is -0.810. The largest absolute Gasteiger partial charge is 0.353 e. The molecule has 1 atom stereocenters. The molecule has 1 fully saturated rings. The first-order chi connectivity index (χ1) is 10.1. The maximum absolute atomic E-state index is 12.4. The third kappa shape index (κ3) is 7.45. The lowest BCUT2D eigenvalue weighted by molar-refractivity contribution is -0.143. The average molecular weight is 334 g/mol. The molecule has 1 rings (SSSR count). The molecule has 1 heterocycles. The van der Waals surface area contributed by atoms with Crippen LogP contribution in [-0.2, 0) is 9.59 Å². The molecule has 0 aliphatic carbocycles. The van der Waals surface area contributed by atoms with Gasteiger partial charge in [-0.2, -0.15) is 0 Å². The third-order valence-corrected chi connectivity index (χ3v) is 3.76. The lowest BCUT2D eigenvalue weighted by Crippen LogP contribution is -2.52. The third-order valence-electron chi connectivity index (χ3n) is 3.76. The second-order valence-corrected chi connectivity index (χ2v) is 6.23. The van der Waals surface area contributed by atoms with Crippen LogP contribution in [0.15, 0.2) is 0 Å². The monoisotopic (exact) mass is 333 g/mol. The van der Waals surface area contributed by atoms with Gasteiger partial charge in [0, 0.05) is 26.1 Å². The molecule has 130 valence electrons. The number of hydrogen-bond acceptors (Lipinski definition) is 3. The molecule has 0 aromatic rings. The van der Waals surface area contributed by atoms with Crippen LogP contribution in [0, 0.1) is 5.92 Å². The maximum Gasteiger partial charge on any atom is 0.242 e. The van der Waals surface area contributed by atoms with Crippen LogP contribution in [0.25, 0.3) is 0 Å². The van der Waals surface area contributed by atoms with Crippen molar-refractivity contribution in [3.05, 3.63) is 0 Å². The van der Waals surface area contributed by atoms with E-state index in [-0.39, 0.29) is 30.3 Å². The molecule has 0 spiro atoms. The van der Waals surface area contributed by atoms with Gasteiger partial charge in [-0.25, -0.2) is 0 Å². The lowest BCUT2D eigenvalue weighted by atomic mass is 9.98. The molecule has 1 saturated heterocycles. The van der Waals surface area contributed by atoms with Crippen molar-refractivity contribution in [3.63, 3.8) is 0 Å². The summed E-state index contributed by atoms with van der Waals surface area (Å²) in [5, 5.41) is 6.23. The first kappa shape index (κ1) is 21.2. The van der Waals surface area contributed by atoms with Gasteiger partial charge in [-0.15, -0.1) is 12.4 Å². The number of carbonyl (C=O) groups is 2. The van der Waals surface area contributed by atoms with Gasteiger partial charge in [-0.1, -0.05) is 20.8 Å². The van der Waals surface area contributed by atoms with E-state index in [1.807, 2.05) is 0 Å².